The number of ether oxygens (including phenoxy) is 1. The average molecular weight is 369 g/mol. The van der Waals surface area contributed by atoms with E-state index < -0.39 is 17.4 Å². The van der Waals surface area contributed by atoms with Crippen LogP contribution in [0.3, 0.4) is 0 Å². The molecule has 0 spiro atoms. The Morgan fingerprint density at radius 1 is 1.27 bits per heavy atom. The van der Waals surface area contributed by atoms with Gasteiger partial charge in [-0.15, -0.1) is 0 Å². The van der Waals surface area contributed by atoms with Gasteiger partial charge in [0.1, 0.15) is 0 Å². The highest BCUT2D eigenvalue weighted by Gasteiger charge is 2.58. The lowest BCUT2D eigenvalue weighted by Crippen LogP contribution is -2.38. The van der Waals surface area contributed by atoms with Crippen molar-refractivity contribution in [2.45, 2.75) is 19.0 Å². The average Bonchev–Trinajstić information content (AvgIpc) is 2.96. The maximum Gasteiger partial charge on any atom is 0.329 e. The van der Waals surface area contributed by atoms with Crippen LogP contribution in [0.4, 0.5) is 0 Å². The fourth-order valence-corrected chi connectivity index (χ4v) is 3.55. The maximum absolute atomic E-state index is 12.8. The summed E-state index contributed by atoms with van der Waals surface area (Å²) in [7, 11) is 1.23. The zero-order chi connectivity index (χ0) is 18.7. The molecule has 0 radical (unpaired) electrons. The molecule has 0 bridgehead atoms. The van der Waals surface area contributed by atoms with Gasteiger partial charge in [0.2, 0.25) is 5.91 Å². The smallest absolute Gasteiger partial charge is 0.329 e. The van der Waals surface area contributed by atoms with Crippen molar-refractivity contribution < 1.29 is 14.3 Å². The molecule has 0 aliphatic carbocycles. The molecule has 1 fully saturated rings. The topological polar surface area (TPSA) is 70.4 Å². The number of nitrogens with zero attached hydrogens (tertiary/aromatic N) is 2. The van der Waals surface area contributed by atoms with Gasteiger partial charge in [0.05, 0.1) is 25.6 Å². The molecule has 2 aromatic rings. The first-order valence-electron chi connectivity index (χ1n) is 8.10. The fraction of sp³-hybridized carbons (Fsp3) is 0.250. The van der Waals surface area contributed by atoms with Crippen molar-refractivity contribution in [3.63, 3.8) is 0 Å². The van der Waals surface area contributed by atoms with Gasteiger partial charge in [-0.1, -0.05) is 54.1 Å². The molecule has 132 valence electrons. The lowest BCUT2D eigenvalue weighted by molar-refractivity contribution is -0.150. The van der Waals surface area contributed by atoms with E-state index in [9.17, 15) is 14.9 Å². The summed E-state index contributed by atoms with van der Waals surface area (Å²) in [5.41, 5.74) is 0.0149. The SMILES string of the molecule is COC(=O)[C@]1(C#N)CC(=O)N(Cc2ccc(Cl)cc2)[C@@H]1c1ccccc1. The zero-order valence-corrected chi connectivity index (χ0v) is 14.9. The molecular weight excluding hydrogens is 352 g/mol. The lowest BCUT2D eigenvalue weighted by atomic mass is 9.78. The minimum atomic E-state index is -1.57. The molecule has 6 heteroatoms. The molecule has 5 nitrogen and oxygen atoms in total. The first kappa shape index (κ1) is 18.0. The molecule has 0 aromatic heterocycles. The van der Waals surface area contributed by atoms with Crippen LogP contribution in [0, 0.1) is 16.7 Å². The molecule has 2 atom stereocenters. The van der Waals surface area contributed by atoms with Crippen molar-refractivity contribution in [2.24, 2.45) is 5.41 Å². The third kappa shape index (κ3) is 3.04. The molecule has 1 aliphatic heterocycles. The standard InChI is InChI=1S/C20H17ClN2O3/c1-26-19(25)20(13-22)11-17(24)23(12-14-7-9-16(21)10-8-14)18(20)15-5-3-2-4-6-15/h2-10,18H,11-12H2,1H3/t18-,20+/m1/s1. The number of carbonyl (C=O) groups excluding carboxylic acids is 2. The minimum absolute atomic E-state index is 0.205. The highest BCUT2D eigenvalue weighted by atomic mass is 35.5. The monoisotopic (exact) mass is 368 g/mol. The summed E-state index contributed by atoms with van der Waals surface area (Å²) in [5.74, 6) is -0.957. The van der Waals surface area contributed by atoms with Crippen molar-refractivity contribution in [1.29, 1.82) is 5.26 Å². The second-order valence-corrected chi connectivity index (χ2v) is 6.65. The highest BCUT2D eigenvalue weighted by Crippen LogP contribution is 2.49. The number of rotatable bonds is 4. The van der Waals surface area contributed by atoms with E-state index in [-0.39, 0.29) is 18.9 Å². The van der Waals surface area contributed by atoms with Gasteiger partial charge in [-0.05, 0) is 23.3 Å². The summed E-state index contributed by atoms with van der Waals surface area (Å²) < 4.78 is 4.88. The van der Waals surface area contributed by atoms with Gasteiger partial charge in [-0.2, -0.15) is 5.26 Å². The summed E-state index contributed by atoms with van der Waals surface area (Å²) in [6.45, 7) is 0.274. The van der Waals surface area contributed by atoms with Crippen molar-refractivity contribution in [3.05, 3.63) is 70.7 Å². The quantitative estimate of drug-likeness (QED) is 0.774. The fourth-order valence-electron chi connectivity index (χ4n) is 3.42. The van der Waals surface area contributed by atoms with E-state index in [1.807, 2.05) is 42.5 Å². The molecule has 3 rings (SSSR count). The van der Waals surface area contributed by atoms with Crippen LogP contribution in [0.2, 0.25) is 5.02 Å². The molecule has 0 saturated carbocycles. The molecule has 2 aromatic carbocycles. The Bertz CT molecular complexity index is 861. The van der Waals surface area contributed by atoms with Gasteiger partial charge < -0.3 is 9.64 Å². The second-order valence-electron chi connectivity index (χ2n) is 6.21. The van der Waals surface area contributed by atoms with Crippen LogP contribution in [-0.4, -0.2) is 23.9 Å². The van der Waals surface area contributed by atoms with Crippen LogP contribution >= 0.6 is 11.6 Å². The van der Waals surface area contributed by atoms with Crippen LogP contribution in [-0.2, 0) is 20.9 Å². The molecule has 0 N–H and O–H groups in total. The number of hydrogen-bond donors (Lipinski definition) is 0. The van der Waals surface area contributed by atoms with E-state index in [4.69, 9.17) is 16.3 Å². The van der Waals surface area contributed by atoms with Crippen molar-refractivity contribution >= 4 is 23.5 Å². The lowest BCUT2D eigenvalue weighted by Gasteiger charge is -2.31. The van der Waals surface area contributed by atoms with Gasteiger partial charge in [0, 0.05) is 11.6 Å². The number of halogens is 1. The number of nitriles is 1. The van der Waals surface area contributed by atoms with E-state index in [1.54, 1.807) is 17.0 Å². The third-order valence-corrected chi connectivity index (χ3v) is 4.91. The number of esters is 1. The van der Waals surface area contributed by atoms with Crippen molar-refractivity contribution in [2.75, 3.05) is 7.11 Å². The Hall–Kier alpha value is -2.84. The van der Waals surface area contributed by atoms with E-state index in [2.05, 4.69) is 6.07 Å². The van der Waals surface area contributed by atoms with Crippen LogP contribution < -0.4 is 0 Å². The van der Waals surface area contributed by atoms with Crippen molar-refractivity contribution in [3.8, 4) is 6.07 Å². The maximum atomic E-state index is 12.8. The zero-order valence-electron chi connectivity index (χ0n) is 14.2. The predicted octanol–water partition coefficient (Wildman–Crippen LogP) is 3.50. The number of hydrogen-bond acceptors (Lipinski definition) is 4. The van der Waals surface area contributed by atoms with Gasteiger partial charge >= 0.3 is 5.97 Å². The van der Waals surface area contributed by atoms with E-state index in [1.165, 1.54) is 7.11 Å². The number of likely N-dealkylation sites (tertiary alicyclic amines) is 1. The number of methoxy groups -OCH3 is 1. The van der Waals surface area contributed by atoms with Gasteiger partial charge in [0.25, 0.3) is 0 Å². The Morgan fingerprint density at radius 2 is 1.92 bits per heavy atom. The van der Waals surface area contributed by atoms with Crippen molar-refractivity contribution in [1.82, 2.24) is 4.90 Å². The Morgan fingerprint density at radius 3 is 2.50 bits per heavy atom. The van der Waals surface area contributed by atoms with Crippen LogP contribution in [0.15, 0.2) is 54.6 Å². The molecular formula is C20H17ClN2O3. The van der Waals surface area contributed by atoms with Gasteiger partial charge in [-0.25, -0.2) is 0 Å². The van der Waals surface area contributed by atoms with E-state index in [0.29, 0.717) is 5.02 Å². The van der Waals surface area contributed by atoms with E-state index >= 15 is 0 Å². The largest absolute Gasteiger partial charge is 0.468 e. The third-order valence-electron chi connectivity index (χ3n) is 4.66. The van der Waals surface area contributed by atoms with E-state index in [0.717, 1.165) is 11.1 Å². The van der Waals surface area contributed by atoms with Gasteiger partial charge in [-0.3, -0.25) is 9.59 Å². The molecule has 1 aliphatic rings. The van der Waals surface area contributed by atoms with Crippen LogP contribution in [0.5, 0.6) is 0 Å². The van der Waals surface area contributed by atoms with Gasteiger partial charge in [0.15, 0.2) is 5.41 Å². The highest BCUT2D eigenvalue weighted by molar-refractivity contribution is 6.30. The summed E-state index contributed by atoms with van der Waals surface area (Å²) in [6, 6.07) is 17.6. The normalized spacial score (nSPS) is 22.1. The number of amides is 1. The first-order chi connectivity index (χ1) is 12.5. The summed E-state index contributed by atoms with van der Waals surface area (Å²) in [4.78, 5) is 26.8. The minimum Gasteiger partial charge on any atom is -0.468 e. The molecule has 1 amide bonds. The summed E-state index contributed by atoms with van der Waals surface area (Å²) in [6.07, 6.45) is -0.205. The molecule has 26 heavy (non-hydrogen) atoms. The number of carbonyl (C=O) groups is 2. The molecule has 1 saturated heterocycles. The Kier molecular flexibility index (Phi) is 4.97. The summed E-state index contributed by atoms with van der Waals surface area (Å²) in [5, 5.41) is 10.4. The second kappa shape index (κ2) is 7.19. The predicted molar refractivity (Wildman–Crippen MR) is 95.9 cm³/mol. The first-order valence-corrected chi connectivity index (χ1v) is 8.48. The Labute approximate surface area is 156 Å². The summed E-state index contributed by atoms with van der Waals surface area (Å²) >= 11 is 5.92. The molecule has 0 unspecified atom stereocenters. The van der Waals surface area contributed by atoms with Crippen LogP contribution in [0.1, 0.15) is 23.6 Å². The molecule has 1 heterocycles. The van der Waals surface area contributed by atoms with Crippen LogP contribution in [0.25, 0.3) is 0 Å². The number of benzene rings is 2. The Balaban J connectivity index is 2.07.